The normalized spacial score (nSPS) is 55.6. The second-order valence-corrected chi connectivity index (χ2v) is 15.1. The first kappa shape index (κ1) is 22.6. The average molecular weight is 455 g/mol. The van der Waals surface area contributed by atoms with Gasteiger partial charge >= 0.3 is 5.97 Å². The van der Waals surface area contributed by atoms with Crippen LogP contribution in [0.1, 0.15) is 106 Å². The molecule has 0 amide bonds. The zero-order valence-corrected chi connectivity index (χ0v) is 22.1. The van der Waals surface area contributed by atoms with Gasteiger partial charge in [-0.25, -0.2) is 0 Å². The summed E-state index contributed by atoms with van der Waals surface area (Å²) in [5.41, 5.74) is 1.75. The molecule has 6 fully saturated rings. The Morgan fingerprint density at radius 2 is 1.52 bits per heavy atom. The molecule has 0 spiro atoms. The van der Waals surface area contributed by atoms with Gasteiger partial charge in [-0.05, 0) is 90.8 Å². The molecule has 0 aromatic rings. The fourth-order valence-corrected chi connectivity index (χ4v) is 11.1. The third-order valence-corrected chi connectivity index (χ3v) is 13.4. The molecular formula is C30H46O3. The number of hydrogen-bond acceptors (Lipinski definition) is 2. The molecule has 184 valence electrons. The predicted octanol–water partition coefficient (Wildman–Crippen LogP) is 7.25. The van der Waals surface area contributed by atoms with E-state index in [1.165, 1.54) is 31.3 Å². The number of ether oxygens (including phenoxy) is 1. The largest absolute Gasteiger partial charge is 0.481 e. The van der Waals surface area contributed by atoms with Crippen LogP contribution in [-0.4, -0.2) is 23.3 Å². The molecule has 4 saturated carbocycles. The first-order chi connectivity index (χ1) is 15.2. The highest BCUT2D eigenvalue weighted by Gasteiger charge is 2.74. The van der Waals surface area contributed by atoms with Gasteiger partial charge in [0, 0.05) is 11.8 Å². The number of carboxylic acids is 1. The molecule has 2 aliphatic heterocycles. The Morgan fingerprint density at radius 1 is 0.848 bits per heavy atom. The van der Waals surface area contributed by atoms with E-state index in [0.717, 1.165) is 38.0 Å². The van der Waals surface area contributed by atoms with Gasteiger partial charge in [0.05, 0.1) is 17.6 Å². The third kappa shape index (κ3) is 2.44. The van der Waals surface area contributed by atoms with Crippen molar-refractivity contribution in [3.8, 4) is 0 Å². The minimum absolute atomic E-state index is 0.107. The maximum absolute atomic E-state index is 12.8. The van der Waals surface area contributed by atoms with E-state index >= 15 is 0 Å². The fraction of sp³-hybridized carbons (Fsp3) is 0.900. The van der Waals surface area contributed by atoms with Crippen LogP contribution in [-0.2, 0) is 9.53 Å². The molecule has 2 saturated heterocycles. The first-order valence-corrected chi connectivity index (χ1v) is 13.8. The van der Waals surface area contributed by atoms with Crippen LogP contribution in [0.25, 0.3) is 0 Å². The molecule has 0 aromatic carbocycles. The van der Waals surface area contributed by atoms with Crippen LogP contribution in [0.5, 0.6) is 0 Å². The molecule has 3 nitrogen and oxygen atoms in total. The zero-order chi connectivity index (χ0) is 23.8. The van der Waals surface area contributed by atoms with E-state index in [4.69, 9.17) is 4.74 Å². The monoisotopic (exact) mass is 454 g/mol. The van der Waals surface area contributed by atoms with Crippen LogP contribution < -0.4 is 0 Å². The Balaban J connectivity index is 1.45. The summed E-state index contributed by atoms with van der Waals surface area (Å²) in [6.07, 6.45) is 13.3. The summed E-state index contributed by atoms with van der Waals surface area (Å²) in [5, 5.41) is 10.5. The van der Waals surface area contributed by atoms with Gasteiger partial charge in [-0.2, -0.15) is 0 Å². The van der Waals surface area contributed by atoms with Gasteiger partial charge in [-0.15, -0.1) is 0 Å². The lowest BCUT2D eigenvalue weighted by Crippen LogP contribution is -2.74. The van der Waals surface area contributed by atoms with Gasteiger partial charge in [0.1, 0.15) is 0 Å². The van der Waals surface area contributed by atoms with E-state index in [9.17, 15) is 9.90 Å². The van der Waals surface area contributed by atoms with E-state index in [2.05, 4.69) is 54.5 Å². The van der Waals surface area contributed by atoms with E-state index in [1.54, 1.807) is 0 Å². The fourth-order valence-electron chi connectivity index (χ4n) is 11.1. The second kappa shape index (κ2) is 6.29. The molecule has 33 heavy (non-hydrogen) atoms. The molecule has 3 heteroatoms. The van der Waals surface area contributed by atoms with Gasteiger partial charge in [-0.3, -0.25) is 4.79 Å². The highest BCUT2D eigenvalue weighted by molar-refractivity contribution is 5.80. The number of carboxylic acid groups (broad SMARTS) is 1. The average Bonchev–Trinajstić information content (AvgIpc) is 2.65. The Labute approximate surface area is 201 Å². The SMILES string of the molecule is CC1(C)C=C2[C@H]3CC[C@@H]4[C@@]5(C)C6CC(O6)C(C)(C)C5CC[C@@]4(C)[C@]3(C)CC[C@@]2(C(=O)O)CC1. The van der Waals surface area contributed by atoms with Crippen molar-refractivity contribution in [1.29, 1.82) is 0 Å². The number of allylic oxidation sites excluding steroid dienone is 1. The molecular weight excluding hydrogens is 408 g/mol. The van der Waals surface area contributed by atoms with Gasteiger partial charge in [0.15, 0.2) is 0 Å². The summed E-state index contributed by atoms with van der Waals surface area (Å²) in [4.78, 5) is 12.8. The minimum atomic E-state index is -0.610. The zero-order valence-electron chi connectivity index (χ0n) is 22.1. The number of aliphatic carboxylic acids is 1. The molecule has 0 aromatic heterocycles. The lowest BCUT2D eigenvalue weighted by atomic mass is 9.31. The van der Waals surface area contributed by atoms with Crippen molar-refractivity contribution in [2.45, 2.75) is 118 Å². The van der Waals surface area contributed by atoms with Gasteiger partial charge < -0.3 is 9.84 Å². The molecule has 9 atom stereocenters. The predicted molar refractivity (Wildman–Crippen MR) is 131 cm³/mol. The standard InChI is InChI=1S/C30H46O3/c1-25(2)12-14-30(24(31)32)15-13-27(5)18(19(30)17-25)8-9-21-28(27,6)11-10-20-26(3,4)22-16-23(33-22)29(20,21)7/h17-18,20-23H,8-16H2,1-7H3,(H,31,32)/t18-,20?,21+,22?,23?,27-,28-,29+,30+/m1/s1. The van der Waals surface area contributed by atoms with Crippen molar-refractivity contribution in [1.82, 2.24) is 0 Å². The molecule has 2 heterocycles. The highest BCUT2D eigenvalue weighted by atomic mass is 16.5. The molecule has 3 unspecified atom stereocenters. The lowest BCUT2D eigenvalue weighted by molar-refractivity contribution is -0.348. The van der Waals surface area contributed by atoms with Crippen LogP contribution in [0.15, 0.2) is 11.6 Å². The van der Waals surface area contributed by atoms with Crippen molar-refractivity contribution < 1.29 is 14.6 Å². The Morgan fingerprint density at radius 3 is 2.18 bits per heavy atom. The second-order valence-electron chi connectivity index (χ2n) is 15.1. The van der Waals surface area contributed by atoms with E-state index in [1.807, 2.05) is 0 Å². The van der Waals surface area contributed by atoms with Crippen LogP contribution in [0.2, 0.25) is 0 Å². The van der Waals surface area contributed by atoms with Crippen molar-refractivity contribution in [2.75, 3.05) is 0 Å². The summed E-state index contributed by atoms with van der Waals surface area (Å²) in [5.74, 6) is 1.27. The Kier molecular flexibility index (Phi) is 4.31. The first-order valence-electron chi connectivity index (χ1n) is 13.8. The van der Waals surface area contributed by atoms with Gasteiger partial charge in [0.25, 0.3) is 0 Å². The molecule has 1 N–H and O–H groups in total. The molecule has 7 aliphatic rings. The van der Waals surface area contributed by atoms with Crippen molar-refractivity contribution >= 4 is 5.97 Å². The van der Waals surface area contributed by atoms with Crippen molar-refractivity contribution in [2.24, 2.45) is 50.2 Å². The summed E-state index contributed by atoms with van der Waals surface area (Å²) >= 11 is 0. The Hall–Kier alpha value is -0.830. The molecule has 0 radical (unpaired) electrons. The van der Waals surface area contributed by atoms with Gasteiger partial charge in [0.2, 0.25) is 0 Å². The van der Waals surface area contributed by atoms with Crippen LogP contribution in [0.3, 0.4) is 0 Å². The lowest BCUT2D eigenvalue weighted by Gasteiger charge is -2.76. The maximum Gasteiger partial charge on any atom is 0.313 e. The summed E-state index contributed by atoms with van der Waals surface area (Å²) in [6.45, 7) is 17.4. The smallest absolute Gasteiger partial charge is 0.313 e. The van der Waals surface area contributed by atoms with E-state index in [0.29, 0.717) is 24.0 Å². The topological polar surface area (TPSA) is 46.5 Å². The summed E-state index contributed by atoms with van der Waals surface area (Å²) < 4.78 is 6.60. The van der Waals surface area contributed by atoms with Gasteiger partial charge in [-0.1, -0.05) is 60.1 Å². The van der Waals surface area contributed by atoms with E-state index in [-0.39, 0.29) is 27.1 Å². The number of rotatable bonds is 1. The molecule has 7 rings (SSSR count). The highest BCUT2D eigenvalue weighted by Crippen LogP contribution is 2.78. The third-order valence-electron chi connectivity index (χ3n) is 13.4. The van der Waals surface area contributed by atoms with Crippen LogP contribution >= 0.6 is 0 Å². The number of fused-ring (bicyclic) bond motifs is 5. The quantitative estimate of drug-likeness (QED) is 0.424. The van der Waals surface area contributed by atoms with Crippen LogP contribution in [0, 0.1) is 50.2 Å². The summed E-state index contributed by atoms with van der Waals surface area (Å²) in [7, 11) is 0. The number of hydrogen-bond donors (Lipinski definition) is 1. The molecule has 2 bridgehead atoms. The van der Waals surface area contributed by atoms with Crippen molar-refractivity contribution in [3.05, 3.63) is 11.6 Å². The summed E-state index contributed by atoms with van der Waals surface area (Å²) in [6, 6.07) is 0. The Bertz CT molecular complexity index is 925. The van der Waals surface area contributed by atoms with Crippen molar-refractivity contribution in [3.63, 3.8) is 0 Å². The number of carbonyl (C=O) groups is 1. The van der Waals surface area contributed by atoms with E-state index < -0.39 is 11.4 Å². The molecule has 5 aliphatic carbocycles. The maximum atomic E-state index is 12.8. The minimum Gasteiger partial charge on any atom is -0.481 e. The van der Waals surface area contributed by atoms with Crippen LogP contribution in [0.4, 0.5) is 0 Å².